The number of nitrogens with one attached hydrogen (secondary N) is 4. The number of rotatable bonds is 8. The lowest BCUT2D eigenvalue weighted by Gasteiger charge is -2.11. The van der Waals surface area contributed by atoms with Gasteiger partial charge in [-0.3, -0.25) is 0 Å². The van der Waals surface area contributed by atoms with Gasteiger partial charge in [-0.2, -0.15) is 4.98 Å². The van der Waals surface area contributed by atoms with Gasteiger partial charge in [0.05, 0.1) is 5.69 Å². The summed E-state index contributed by atoms with van der Waals surface area (Å²) in [6.45, 7) is 1.34. The molecule has 8 heteroatoms. The van der Waals surface area contributed by atoms with Crippen molar-refractivity contribution >= 4 is 34.0 Å². The third-order valence-corrected chi connectivity index (χ3v) is 4.30. The number of aromatic amines is 1. The van der Waals surface area contributed by atoms with Gasteiger partial charge in [0.15, 0.2) is 5.82 Å². The molecule has 0 bridgehead atoms. The number of hydrogen-bond donors (Lipinski definition) is 4. The molecule has 0 radical (unpaired) electrons. The lowest BCUT2D eigenvalue weighted by atomic mass is 10.2. The molecule has 2 heterocycles. The molecular weight excluding hydrogens is 371 g/mol. The number of nitrogens with zero attached hydrogens (tertiary/aromatic N) is 2. The van der Waals surface area contributed by atoms with Crippen LogP contribution in [0.25, 0.3) is 10.9 Å². The Hall–Kier alpha value is -3.65. The molecule has 0 spiro atoms. The minimum atomic E-state index is -0.330. The zero-order chi connectivity index (χ0) is 20.1. The van der Waals surface area contributed by atoms with Crippen molar-refractivity contribution in [3.05, 3.63) is 66.7 Å². The standard InChI is InChI=1S/C21H21FN6O/c1-23-11-12-29-15-4-2-3-14(13-15)26-21-25-10-8-19(28-21)27-18-6-5-17-16(20(18)22)7-9-24-17/h2-10,13,23-24H,11-12H2,1H3,(H2,25,26,27,28). The largest absolute Gasteiger partial charge is 0.492 e. The van der Waals surface area contributed by atoms with Crippen molar-refractivity contribution in [3.63, 3.8) is 0 Å². The van der Waals surface area contributed by atoms with Gasteiger partial charge in [-0.15, -0.1) is 0 Å². The van der Waals surface area contributed by atoms with Crippen LogP contribution < -0.4 is 20.7 Å². The molecule has 0 atom stereocenters. The van der Waals surface area contributed by atoms with E-state index in [0.29, 0.717) is 29.4 Å². The maximum atomic E-state index is 14.6. The van der Waals surface area contributed by atoms with Crippen molar-refractivity contribution in [2.75, 3.05) is 30.8 Å². The molecule has 7 nitrogen and oxygen atoms in total. The van der Waals surface area contributed by atoms with Crippen LogP contribution in [0.5, 0.6) is 5.75 Å². The van der Waals surface area contributed by atoms with Crippen LogP contribution in [0, 0.1) is 5.82 Å². The van der Waals surface area contributed by atoms with E-state index in [4.69, 9.17) is 4.74 Å². The third-order valence-electron chi connectivity index (χ3n) is 4.30. The van der Waals surface area contributed by atoms with Crippen LogP contribution in [-0.4, -0.2) is 35.2 Å². The van der Waals surface area contributed by atoms with Crippen molar-refractivity contribution in [2.24, 2.45) is 0 Å². The maximum Gasteiger partial charge on any atom is 0.229 e. The van der Waals surface area contributed by atoms with Crippen molar-refractivity contribution < 1.29 is 9.13 Å². The van der Waals surface area contributed by atoms with Crippen LogP contribution in [-0.2, 0) is 0 Å². The average molecular weight is 392 g/mol. The SMILES string of the molecule is CNCCOc1cccc(Nc2nccc(Nc3ccc4[nH]ccc4c3F)n2)c1. The summed E-state index contributed by atoms with van der Waals surface area (Å²) in [4.78, 5) is 11.6. The lowest BCUT2D eigenvalue weighted by molar-refractivity contribution is 0.318. The Morgan fingerprint density at radius 3 is 2.93 bits per heavy atom. The highest BCUT2D eigenvalue weighted by Crippen LogP contribution is 2.26. The first kappa shape index (κ1) is 18.7. The second-order valence-corrected chi connectivity index (χ2v) is 6.36. The number of anilines is 4. The van der Waals surface area contributed by atoms with Gasteiger partial charge in [0.25, 0.3) is 0 Å². The fourth-order valence-electron chi connectivity index (χ4n) is 2.88. The molecular formula is C21H21FN6O. The van der Waals surface area contributed by atoms with Crippen molar-refractivity contribution in [1.29, 1.82) is 0 Å². The van der Waals surface area contributed by atoms with Gasteiger partial charge in [-0.1, -0.05) is 6.07 Å². The Labute approximate surface area is 167 Å². The first-order valence-electron chi connectivity index (χ1n) is 9.23. The summed E-state index contributed by atoms with van der Waals surface area (Å²) in [6.07, 6.45) is 3.32. The minimum absolute atomic E-state index is 0.330. The van der Waals surface area contributed by atoms with Gasteiger partial charge in [-0.05, 0) is 43.4 Å². The van der Waals surface area contributed by atoms with E-state index in [9.17, 15) is 4.39 Å². The number of aromatic nitrogens is 3. The van der Waals surface area contributed by atoms with E-state index in [-0.39, 0.29) is 5.82 Å². The highest BCUT2D eigenvalue weighted by atomic mass is 19.1. The molecule has 2 aromatic heterocycles. The molecule has 4 rings (SSSR count). The summed E-state index contributed by atoms with van der Waals surface area (Å²) in [6, 6.07) is 14.4. The maximum absolute atomic E-state index is 14.6. The fourth-order valence-corrected chi connectivity index (χ4v) is 2.88. The molecule has 0 saturated heterocycles. The van der Waals surface area contributed by atoms with Crippen LogP contribution in [0.3, 0.4) is 0 Å². The minimum Gasteiger partial charge on any atom is -0.492 e. The van der Waals surface area contributed by atoms with Gasteiger partial charge >= 0.3 is 0 Å². The summed E-state index contributed by atoms with van der Waals surface area (Å²) in [5.41, 5.74) is 1.89. The molecule has 0 aliphatic heterocycles. The Morgan fingerprint density at radius 1 is 1.10 bits per heavy atom. The van der Waals surface area contributed by atoms with Crippen LogP contribution in [0.2, 0.25) is 0 Å². The Bertz CT molecular complexity index is 1110. The van der Waals surface area contributed by atoms with E-state index in [1.807, 2.05) is 37.4 Å². The van der Waals surface area contributed by atoms with E-state index in [2.05, 4.69) is 30.9 Å². The molecule has 148 valence electrons. The third kappa shape index (κ3) is 4.44. The fraction of sp³-hybridized carbons (Fsp3) is 0.143. The zero-order valence-electron chi connectivity index (χ0n) is 15.9. The van der Waals surface area contributed by atoms with E-state index in [1.165, 1.54) is 0 Å². The Balaban J connectivity index is 1.48. The highest BCUT2D eigenvalue weighted by molar-refractivity contribution is 5.84. The predicted octanol–water partition coefficient (Wildman–Crippen LogP) is 4.18. The number of H-pyrrole nitrogens is 1. The van der Waals surface area contributed by atoms with Gasteiger partial charge in [0.1, 0.15) is 18.2 Å². The van der Waals surface area contributed by atoms with Crippen LogP contribution >= 0.6 is 0 Å². The summed E-state index contributed by atoms with van der Waals surface area (Å²) in [5, 5.41) is 9.72. The van der Waals surface area contributed by atoms with Crippen LogP contribution in [0.1, 0.15) is 0 Å². The summed E-state index contributed by atoms with van der Waals surface area (Å²) < 4.78 is 20.3. The normalized spacial score (nSPS) is 10.8. The molecule has 0 aliphatic carbocycles. The number of halogens is 1. The molecule has 0 saturated carbocycles. The second kappa shape index (κ2) is 8.57. The van der Waals surface area contributed by atoms with Gasteiger partial charge in [-0.25, -0.2) is 9.37 Å². The predicted molar refractivity (Wildman–Crippen MR) is 113 cm³/mol. The van der Waals surface area contributed by atoms with E-state index >= 15 is 0 Å². The van der Waals surface area contributed by atoms with Crippen molar-refractivity contribution in [1.82, 2.24) is 20.3 Å². The first-order chi connectivity index (χ1) is 14.2. The lowest BCUT2D eigenvalue weighted by Crippen LogP contribution is -2.15. The highest BCUT2D eigenvalue weighted by Gasteiger charge is 2.09. The number of fused-ring (bicyclic) bond motifs is 1. The molecule has 0 aliphatic rings. The number of hydrogen-bond acceptors (Lipinski definition) is 6. The van der Waals surface area contributed by atoms with Crippen LogP contribution in [0.15, 0.2) is 60.9 Å². The van der Waals surface area contributed by atoms with E-state index in [1.54, 1.807) is 30.6 Å². The molecule has 4 N–H and O–H groups in total. The molecule has 4 aromatic rings. The number of ether oxygens (including phenoxy) is 1. The second-order valence-electron chi connectivity index (χ2n) is 6.36. The van der Waals surface area contributed by atoms with Gasteiger partial charge in [0, 0.05) is 41.6 Å². The van der Waals surface area contributed by atoms with Crippen LogP contribution in [0.4, 0.5) is 27.5 Å². The number of likely N-dealkylation sites (N-methyl/N-ethyl adjacent to an activating group) is 1. The summed E-state index contributed by atoms with van der Waals surface area (Å²) in [7, 11) is 1.88. The Morgan fingerprint density at radius 2 is 2.03 bits per heavy atom. The number of benzene rings is 2. The van der Waals surface area contributed by atoms with Crippen molar-refractivity contribution in [2.45, 2.75) is 0 Å². The Kier molecular flexibility index (Phi) is 5.53. The first-order valence-corrected chi connectivity index (χ1v) is 9.23. The van der Waals surface area contributed by atoms with Gasteiger partial charge < -0.3 is 25.7 Å². The molecule has 0 amide bonds. The quantitative estimate of drug-likeness (QED) is 0.337. The zero-order valence-corrected chi connectivity index (χ0v) is 15.9. The average Bonchev–Trinajstić information content (AvgIpc) is 3.21. The van der Waals surface area contributed by atoms with Gasteiger partial charge in [0.2, 0.25) is 5.95 Å². The monoisotopic (exact) mass is 392 g/mol. The van der Waals surface area contributed by atoms with Crippen molar-refractivity contribution in [3.8, 4) is 5.75 Å². The smallest absolute Gasteiger partial charge is 0.229 e. The molecule has 2 aromatic carbocycles. The van der Waals surface area contributed by atoms with E-state index < -0.39 is 0 Å². The topological polar surface area (TPSA) is 86.9 Å². The van der Waals surface area contributed by atoms with E-state index in [0.717, 1.165) is 23.5 Å². The molecule has 0 unspecified atom stereocenters. The molecule has 0 fully saturated rings. The summed E-state index contributed by atoms with van der Waals surface area (Å²) >= 11 is 0. The molecule has 29 heavy (non-hydrogen) atoms. The summed E-state index contributed by atoms with van der Waals surface area (Å²) in [5.74, 6) is 1.30.